The molecule has 0 atom stereocenters. The molecule has 7 heteroatoms. The van der Waals surface area contributed by atoms with Crippen LogP contribution in [0, 0.1) is 6.92 Å². The second-order valence-corrected chi connectivity index (χ2v) is 6.44. The fourth-order valence-electron chi connectivity index (χ4n) is 3.12. The Morgan fingerprint density at radius 2 is 1.92 bits per heavy atom. The molecule has 0 bridgehead atoms. The first-order chi connectivity index (χ1) is 12.1. The number of anilines is 1. The van der Waals surface area contributed by atoms with Crippen molar-refractivity contribution in [2.75, 3.05) is 31.1 Å². The van der Waals surface area contributed by atoms with Crippen molar-refractivity contribution in [1.82, 2.24) is 19.9 Å². The van der Waals surface area contributed by atoms with Gasteiger partial charge in [-0.1, -0.05) is 18.5 Å². The van der Waals surface area contributed by atoms with Gasteiger partial charge in [0.2, 0.25) is 0 Å². The third-order valence-electron chi connectivity index (χ3n) is 4.41. The standard InChI is InChI=1S/C18H22ClN5O/c1-3-15-16(19)21-13(2)22-17(15)23-9-4-10-24(12-11-23)18(25)14-5-7-20-8-6-14/h5-8H,3-4,9-12H2,1-2H3. The molecule has 6 nitrogen and oxygen atoms in total. The van der Waals surface area contributed by atoms with Gasteiger partial charge in [-0.2, -0.15) is 0 Å². The number of pyridine rings is 1. The van der Waals surface area contributed by atoms with Crippen LogP contribution in [0.3, 0.4) is 0 Å². The predicted octanol–water partition coefficient (Wildman–Crippen LogP) is 2.75. The van der Waals surface area contributed by atoms with E-state index in [0.717, 1.165) is 43.9 Å². The molecule has 0 aromatic carbocycles. The van der Waals surface area contributed by atoms with Gasteiger partial charge >= 0.3 is 0 Å². The largest absolute Gasteiger partial charge is 0.354 e. The maximum Gasteiger partial charge on any atom is 0.254 e. The second-order valence-electron chi connectivity index (χ2n) is 6.09. The Hall–Kier alpha value is -2.21. The Bertz CT molecular complexity index is 753. The summed E-state index contributed by atoms with van der Waals surface area (Å²) in [7, 11) is 0. The van der Waals surface area contributed by atoms with Gasteiger partial charge in [-0.25, -0.2) is 9.97 Å². The summed E-state index contributed by atoms with van der Waals surface area (Å²) in [6.07, 6.45) is 4.97. The number of hydrogen-bond donors (Lipinski definition) is 0. The number of nitrogens with zero attached hydrogens (tertiary/aromatic N) is 5. The lowest BCUT2D eigenvalue weighted by molar-refractivity contribution is 0.0767. The molecule has 3 heterocycles. The first kappa shape index (κ1) is 17.6. The lowest BCUT2D eigenvalue weighted by Gasteiger charge is -2.25. The summed E-state index contributed by atoms with van der Waals surface area (Å²) in [5, 5.41) is 0.527. The van der Waals surface area contributed by atoms with Crippen LogP contribution in [0.25, 0.3) is 0 Å². The van der Waals surface area contributed by atoms with Crippen LogP contribution in [0.5, 0.6) is 0 Å². The van der Waals surface area contributed by atoms with Crippen molar-refractivity contribution < 1.29 is 4.79 Å². The summed E-state index contributed by atoms with van der Waals surface area (Å²) >= 11 is 6.31. The molecule has 1 aliphatic heterocycles. The number of rotatable bonds is 3. The van der Waals surface area contributed by atoms with Gasteiger partial charge in [0.1, 0.15) is 16.8 Å². The predicted molar refractivity (Wildman–Crippen MR) is 98.1 cm³/mol. The Balaban J connectivity index is 1.77. The van der Waals surface area contributed by atoms with Gasteiger partial charge in [0.25, 0.3) is 5.91 Å². The normalized spacial score (nSPS) is 15.2. The number of aryl methyl sites for hydroxylation is 1. The second kappa shape index (κ2) is 7.78. The number of aromatic nitrogens is 3. The molecule has 1 saturated heterocycles. The van der Waals surface area contributed by atoms with Crippen LogP contribution in [0.15, 0.2) is 24.5 Å². The maximum absolute atomic E-state index is 12.7. The van der Waals surface area contributed by atoms with E-state index in [0.29, 0.717) is 23.1 Å². The van der Waals surface area contributed by atoms with Gasteiger partial charge in [0.05, 0.1) is 0 Å². The highest BCUT2D eigenvalue weighted by atomic mass is 35.5. The highest BCUT2D eigenvalue weighted by Crippen LogP contribution is 2.26. The van der Waals surface area contributed by atoms with Crippen molar-refractivity contribution in [3.63, 3.8) is 0 Å². The molecular formula is C18H22ClN5O. The minimum atomic E-state index is 0.0527. The number of carbonyl (C=O) groups is 1. The summed E-state index contributed by atoms with van der Waals surface area (Å²) in [5.74, 6) is 1.63. The van der Waals surface area contributed by atoms with E-state index in [1.165, 1.54) is 0 Å². The zero-order valence-electron chi connectivity index (χ0n) is 14.6. The Morgan fingerprint density at radius 3 is 2.64 bits per heavy atom. The fraction of sp³-hybridized carbons (Fsp3) is 0.444. The Kier molecular flexibility index (Phi) is 5.48. The molecule has 132 valence electrons. The minimum absolute atomic E-state index is 0.0527. The minimum Gasteiger partial charge on any atom is -0.354 e. The zero-order valence-corrected chi connectivity index (χ0v) is 15.3. The van der Waals surface area contributed by atoms with Crippen molar-refractivity contribution in [2.24, 2.45) is 0 Å². The average molecular weight is 360 g/mol. The highest BCUT2D eigenvalue weighted by molar-refractivity contribution is 6.30. The molecule has 0 radical (unpaired) electrons. The number of amides is 1. The van der Waals surface area contributed by atoms with Crippen molar-refractivity contribution in [1.29, 1.82) is 0 Å². The molecule has 1 amide bonds. The van der Waals surface area contributed by atoms with Gasteiger partial charge in [-0.3, -0.25) is 9.78 Å². The van der Waals surface area contributed by atoms with Crippen molar-refractivity contribution in [3.05, 3.63) is 46.6 Å². The monoisotopic (exact) mass is 359 g/mol. The highest BCUT2D eigenvalue weighted by Gasteiger charge is 2.23. The molecule has 3 rings (SSSR count). The third-order valence-corrected chi connectivity index (χ3v) is 4.72. The third kappa shape index (κ3) is 3.90. The summed E-state index contributed by atoms with van der Waals surface area (Å²) in [5.41, 5.74) is 1.65. The first-order valence-corrected chi connectivity index (χ1v) is 8.95. The van der Waals surface area contributed by atoms with E-state index in [9.17, 15) is 4.79 Å². The van der Waals surface area contributed by atoms with Gasteiger partial charge in [0.15, 0.2) is 0 Å². The molecule has 2 aromatic rings. The molecule has 1 aliphatic rings. The van der Waals surface area contributed by atoms with E-state index in [2.05, 4.69) is 26.8 Å². The van der Waals surface area contributed by atoms with E-state index in [4.69, 9.17) is 11.6 Å². The van der Waals surface area contributed by atoms with Gasteiger partial charge in [-0.05, 0) is 31.9 Å². The van der Waals surface area contributed by atoms with Crippen molar-refractivity contribution >= 4 is 23.3 Å². The lowest BCUT2D eigenvalue weighted by atomic mass is 10.2. The molecule has 0 saturated carbocycles. The molecule has 0 spiro atoms. The lowest BCUT2D eigenvalue weighted by Crippen LogP contribution is -2.35. The van der Waals surface area contributed by atoms with Crippen LogP contribution in [0.1, 0.15) is 35.1 Å². The Morgan fingerprint density at radius 1 is 1.16 bits per heavy atom. The molecule has 0 N–H and O–H groups in total. The average Bonchev–Trinajstić information content (AvgIpc) is 2.87. The smallest absolute Gasteiger partial charge is 0.254 e. The topological polar surface area (TPSA) is 62.2 Å². The van der Waals surface area contributed by atoms with E-state index >= 15 is 0 Å². The molecule has 0 unspecified atom stereocenters. The SMILES string of the molecule is CCc1c(Cl)nc(C)nc1N1CCCN(C(=O)c2ccncc2)CC1. The van der Waals surface area contributed by atoms with Crippen LogP contribution in [-0.4, -0.2) is 51.9 Å². The molecule has 25 heavy (non-hydrogen) atoms. The van der Waals surface area contributed by atoms with Crippen LogP contribution >= 0.6 is 11.6 Å². The van der Waals surface area contributed by atoms with Crippen LogP contribution in [0.4, 0.5) is 5.82 Å². The first-order valence-electron chi connectivity index (χ1n) is 8.57. The number of carbonyl (C=O) groups excluding carboxylic acids is 1. The molecule has 1 fully saturated rings. The fourth-order valence-corrected chi connectivity index (χ4v) is 3.46. The van der Waals surface area contributed by atoms with E-state index in [-0.39, 0.29) is 5.91 Å². The van der Waals surface area contributed by atoms with Crippen molar-refractivity contribution in [2.45, 2.75) is 26.7 Å². The van der Waals surface area contributed by atoms with Gasteiger partial charge in [-0.15, -0.1) is 0 Å². The molecule has 0 aliphatic carbocycles. The maximum atomic E-state index is 12.7. The summed E-state index contributed by atoms with van der Waals surface area (Å²) < 4.78 is 0. The number of halogens is 1. The molecule has 2 aromatic heterocycles. The summed E-state index contributed by atoms with van der Waals surface area (Å²) in [6, 6.07) is 3.52. The summed E-state index contributed by atoms with van der Waals surface area (Å²) in [6.45, 7) is 6.88. The quantitative estimate of drug-likeness (QED) is 0.788. The molecular weight excluding hydrogens is 338 g/mol. The summed E-state index contributed by atoms with van der Waals surface area (Å²) in [4.78, 5) is 29.6. The van der Waals surface area contributed by atoms with E-state index in [1.54, 1.807) is 24.5 Å². The van der Waals surface area contributed by atoms with Gasteiger partial charge < -0.3 is 9.80 Å². The van der Waals surface area contributed by atoms with Crippen LogP contribution in [-0.2, 0) is 6.42 Å². The van der Waals surface area contributed by atoms with Crippen LogP contribution < -0.4 is 4.90 Å². The van der Waals surface area contributed by atoms with Gasteiger partial charge in [0, 0.05) is 49.7 Å². The Labute approximate surface area is 152 Å². The zero-order chi connectivity index (χ0) is 17.8. The van der Waals surface area contributed by atoms with E-state index in [1.807, 2.05) is 11.8 Å². The van der Waals surface area contributed by atoms with Crippen molar-refractivity contribution in [3.8, 4) is 0 Å². The number of hydrogen-bond acceptors (Lipinski definition) is 5. The van der Waals surface area contributed by atoms with Crippen LogP contribution in [0.2, 0.25) is 5.15 Å². The van der Waals surface area contributed by atoms with E-state index < -0.39 is 0 Å².